The first-order chi connectivity index (χ1) is 13.6. The fourth-order valence-electron chi connectivity index (χ4n) is 2.56. The third kappa shape index (κ3) is 4.59. The van der Waals surface area contributed by atoms with Crippen LogP contribution in [0, 0.1) is 17.1 Å². The minimum Gasteiger partial charge on any atom is -0.348 e. The molecule has 6 heteroatoms. The fourth-order valence-corrected chi connectivity index (χ4v) is 2.56. The average molecular weight is 373 g/mol. The summed E-state index contributed by atoms with van der Waals surface area (Å²) in [4.78, 5) is 24.5. The van der Waals surface area contributed by atoms with Crippen LogP contribution in [0.5, 0.6) is 0 Å². The quantitative estimate of drug-likeness (QED) is 0.712. The first kappa shape index (κ1) is 18.8. The van der Waals surface area contributed by atoms with Crippen molar-refractivity contribution >= 4 is 17.5 Å². The Balaban J connectivity index is 1.61. The number of carbonyl (C=O) groups excluding carboxylic acids is 2. The summed E-state index contributed by atoms with van der Waals surface area (Å²) in [5.74, 6) is -1.07. The van der Waals surface area contributed by atoms with Crippen molar-refractivity contribution in [1.29, 1.82) is 5.26 Å². The number of hydrogen-bond acceptors (Lipinski definition) is 3. The van der Waals surface area contributed by atoms with E-state index in [2.05, 4.69) is 10.6 Å². The molecule has 0 saturated heterocycles. The molecule has 0 aromatic heterocycles. The average Bonchev–Trinajstić information content (AvgIpc) is 2.73. The first-order valence-corrected chi connectivity index (χ1v) is 8.50. The number of amides is 2. The normalized spacial score (nSPS) is 10.0. The van der Waals surface area contributed by atoms with Crippen LogP contribution in [0.15, 0.2) is 72.8 Å². The van der Waals surface area contributed by atoms with Crippen molar-refractivity contribution in [3.05, 3.63) is 101 Å². The monoisotopic (exact) mass is 373 g/mol. The van der Waals surface area contributed by atoms with Crippen LogP contribution in [-0.4, -0.2) is 11.8 Å². The van der Waals surface area contributed by atoms with E-state index in [1.165, 1.54) is 12.1 Å². The Morgan fingerprint density at radius 2 is 1.64 bits per heavy atom. The van der Waals surface area contributed by atoms with Gasteiger partial charge in [-0.3, -0.25) is 9.59 Å². The summed E-state index contributed by atoms with van der Waals surface area (Å²) in [6, 6.07) is 20.9. The molecule has 0 aliphatic rings. The van der Waals surface area contributed by atoms with E-state index in [4.69, 9.17) is 5.26 Å². The number of nitriles is 1. The number of hydrogen-bond donors (Lipinski definition) is 2. The number of halogens is 1. The maximum absolute atomic E-state index is 13.6. The Morgan fingerprint density at radius 3 is 2.36 bits per heavy atom. The van der Waals surface area contributed by atoms with Gasteiger partial charge in [-0.05, 0) is 48.5 Å². The molecule has 3 rings (SSSR count). The highest BCUT2D eigenvalue weighted by atomic mass is 19.1. The van der Waals surface area contributed by atoms with Gasteiger partial charge in [0.2, 0.25) is 0 Å². The van der Waals surface area contributed by atoms with E-state index in [1.807, 2.05) is 6.07 Å². The number of nitrogens with zero attached hydrogens (tertiary/aromatic N) is 1. The Morgan fingerprint density at radius 1 is 0.893 bits per heavy atom. The largest absolute Gasteiger partial charge is 0.348 e. The Hall–Kier alpha value is -3.98. The van der Waals surface area contributed by atoms with Gasteiger partial charge >= 0.3 is 0 Å². The van der Waals surface area contributed by atoms with Gasteiger partial charge in [-0.15, -0.1) is 0 Å². The van der Waals surface area contributed by atoms with Crippen molar-refractivity contribution in [3.8, 4) is 6.07 Å². The highest BCUT2D eigenvalue weighted by Gasteiger charge is 2.09. The maximum Gasteiger partial charge on any atom is 0.255 e. The number of benzene rings is 3. The number of rotatable bonds is 5. The molecule has 3 aromatic carbocycles. The van der Waals surface area contributed by atoms with Crippen molar-refractivity contribution in [2.24, 2.45) is 0 Å². The van der Waals surface area contributed by atoms with E-state index in [-0.39, 0.29) is 24.2 Å². The molecule has 5 nitrogen and oxygen atoms in total. The predicted molar refractivity (Wildman–Crippen MR) is 103 cm³/mol. The highest BCUT2D eigenvalue weighted by Crippen LogP contribution is 2.13. The van der Waals surface area contributed by atoms with E-state index in [0.717, 1.165) is 0 Å². The second-order valence-electron chi connectivity index (χ2n) is 6.00. The molecule has 0 atom stereocenters. The van der Waals surface area contributed by atoms with Crippen LogP contribution in [0.25, 0.3) is 0 Å². The molecule has 0 fully saturated rings. The van der Waals surface area contributed by atoms with E-state index < -0.39 is 0 Å². The van der Waals surface area contributed by atoms with Crippen molar-refractivity contribution in [1.82, 2.24) is 5.32 Å². The zero-order valence-electron chi connectivity index (χ0n) is 14.8. The summed E-state index contributed by atoms with van der Waals surface area (Å²) >= 11 is 0. The summed E-state index contributed by atoms with van der Waals surface area (Å²) in [5, 5.41) is 14.3. The lowest BCUT2D eigenvalue weighted by atomic mass is 10.1. The number of nitrogens with one attached hydrogen (secondary N) is 2. The smallest absolute Gasteiger partial charge is 0.255 e. The standard InChI is InChI=1S/C22H16FN3O2/c23-20-7-2-1-5-18(20)14-25-21(27)16-8-10-19(11-9-16)26-22(28)17-6-3-4-15(12-17)13-24/h1-12H,14H2,(H,25,27)(H,26,28). The van der Waals surface area contributed by atoms with Crippen LogP contribution >= 0.6 is 0 Å². The SMILES string of the molecule is N#Cc1cccc(C(=O)Nc2ccc(C(=O)NCc3ccccc3F)cc2)c1. The first-order valence-electron chi connectivity index (χ1n) is 8.50. The molecule has 0 spiro atoms. The van der Waals surface area contributed by atoms with Gasteiger partial charge in [-0.1, -0.05) is 24.3 Å². The minimum atomic E-state index is -0.374. The van der Waals surface area contributed by atoms with E-state index >= 15 is 0 Å². The second-order valence-corrected chi connectivity index (χ2v) is 6.00. The van der Waals surface area contributed by atoms with Crippen molar-refractivity contribution in [2.75, 3.05) is 5.32 Å². The Bertz CT molecular complexity index is 1060. The lowest BCUT2D eigenvalue weighted by Crippen LogP contribution is -2.23. The van der Waals surface area contributed by atoms with Gasteiger partial charge in [-0.2, -0.15) is 5.26 Å². The molecule has 0 aliphatic carbocycles. The van der Waals surface area contributed by atoms with Crippen LogP contribution < -0.4 is 10.6 Å². The molecule has 3 aromatic rings. The second kappa shape index (κ2) is 8.60. The van der Waals surface area contributed by atoms with E-state index in [9.17, 15) is 14.0 Å². The van der Waals surface area contributed by atoms with Gasteiger partial charge in [0.05, 0.1) is 11.6 Å². The molecule has 138 valence electrons. The topological polar surface area (TPSA) is 82.0 Å². The molecule has 0 aliphatic heterocycles. The summed E-state index contributed by atoms with van der Waals surface area (Å²) in [6.07, 6.45) is 0. The van der Waals surface area contributed by atoms with Crippen LogP contribution in [-0.2, 0) is 6.54 Å². The maximum atomic E-state index is 13.6. The number of anilines is 1. The Kier molecular flexibility index (Phi) is 5.78. The van der Waals surface area contributed by atoms with E-state index in [0.29, 0.717) is 27.9 Å². The summed E-state index contributed by atoms with van der Waals surface area (Å²) in [7, 11) is 0. The summed E-state index contributed by atoms with van der Waals surface area (Å²) in [6.45, 7) is 0.0826. The van der Waals surface area contributed by atoms with Crippen molar-refractivity contribution in [3.63, 3.8) is 0 Å². The van der Waals surface area contributed by atoms with Crippen LogP contribution in [0.1, 0.15) is 31.8 Å². The molecule has 0 saturated carbocycles. The minimum absolute atomic E-state index is 0.0826. The van der Waals surface area contributed by atoms with Crippen molar-refractivity contribution in [2.45, 2.75) is 6.54 Å². The predicted octanol–water partition coefficient (Wildman–Crippen LogP) is 3.88. The molecule has 2 amide bonds. The molecule has 0 heterocycles. The van der Waals surface area contributed by atoms with Crippen LogP contribution in [0.3, 0.4) is 0 Å². The van der Waals surface area contributed by atoms with Gasteiger partial charge in [-0.25, -0.2) is 4.39 Å². The van der Waals surface area contributed by atoms with Crippen LogP contribution in [0.2, 0.25) is 0 Å². The lowest BCUT2D eigenvalue weighted by Gasteiger charge is -2.08. The zero-order chi connectivity index (χ0) is 19.9. The molecule has 2 N–H and O–H groups in total. The molecule has 0 bridgehead atoms. The van der Waals surface area contributed by atoms with Crippen molar-refractivity contribution < 1.29 is 14.0 Å². The lowest BCUT2D eigenvalue weighted by molar-refractivity contribution is 0.0950. The number of carbonyl (C=O) groups is 2. The van der Waals surface area contributed by atoms with Crippen LogP contribution in [0.4, 0.5) is 10.1 Å². The molecular weight excluding hydrogens is 357 g/mol. The molecular formula is C22H16FN3O2. The third-order valence-corrected chi connectivity index (χ3v) is 4.06. The third-order valence-electron chi connectivity index (χ3n) is 4.06. The molecule has 0 radical (unpaired) electrons. The Labute approximate surface area is 161 Å². The summed E-state index contributed by atoms with van der Waals surface area (Å²) < 4.78 is 13.6. The van der Waals surface area contributed by atoms with E-state index in [1.54, 1.807) is 60.7 Å². The molecule has 0 unspecified atom stereocenters. The summed E-state index contributed by atoms with van der Waals surface area (Å²) in [5.41, 5.74) is 2.07. The van der Waals surface area contributed by atoms with Gasteiger partial charge < -0.3 is 10.6 Å². The molecule has 28 heavy (non-hydrogen) atoms. The van der Waals surface area contributed by atoms with Gasteiger partial charge in [0, 0.05) is 28.9 Å². The highest BCUT2D eigenvalue weighted by molar-refractivity contribution is 6.04. The van der Waals surface area contributed by atoms with Gasteiger partial charge in [0.25, 0.3) is 11.8 Å². The van der Waals surface area contributed by atoms with Gasteiger partial charge in [0.1, 0.15) is 5.82 Å². The van der Waals surface area contributed by atoms with Gasteiger partial charge in [0.15, 0.2) is 0 Å². The zero-order valence-corrected chi connectivity index (χ0v) is 14.8. The fraction of sp³-hybridized carbons (Fsp3) is 0.0455.